The zero-order chi connectivity index (χ0) is 24.9. The van der Waals surface area contributed by atoms with Gasteiger partial charge in [-0.05, 0) is 99.2 Å². The van der Waals surface area contributed by atoms with Gasteiger partial charge in [0.2, 0.25) is 5.82 Å². The van der Waals surface area contributed by atoms with Crippen LogP contribution in [0.5, 0.6) is 5.75 Å². The molecular weight excluding hydrogens is 456 g/mol. The van der Waals surface area contributed by atoms with E-state index in [4.69, 9.17) is 4.74 Å². The van der Waals surface area contributed by atoms with E-state index < -0.39 is 23.3 Å². The Labute approximate surface area is 205 Å². The molecule has 1 N–H and O–H groups in total. The summed E-state index contributed by atoms with van der Waals surface area (Å²) in [6.45, 7) is 2.15. The van der Waals surface area contributed by atoms with Crippen molar-refractivity contribution < 1.29 is 27.4 Å². The third-order valence-electron chi connectivity index (χ3n) is 7.82. The highest BCUT2D eigenvalue weighted by Crippen LogP contribution is 2.40. The molecule has 35 heavy (non-hydrogen) atoms. The first-order valence-electron chi connectivity index (χ1n) is 12.8. The maximum absolute atomic E-state index is 14.8. The fraction of sp³-hybridized carbons (Fsp3) is 0.517. The molecule has 0 spiro atoms. The van der Waals surface area contributed by atoms with Gasteiger partial charge in [-0.3, -0.25) is 0 Å². The number of allylic oxidation sites excluding steroid dienone is 1. The van der Waals surface area contributed by atoms with Crippen LogP contribution in [-0.2, 0) is 0 Å². The minimum absolute atomic E-state index is 0.00607. The number of hydrogen-bond donors (Lipinski definition) is 1. The zero-order valence-corrected chi connectivity index (χ0v) is 20.2. The van der Waals surface area contributed by atoms with E-state index in [0.29, 0.717) is 24.0 Å². The van der Waals surface area contributed by atoms with Gasteiger partial charge in [-0.1, -0.05) is 30.4 Å². The Morgan fingerprint density at radius 2 is 1.34 bits per heavy atom. The molecule has 190 valence electrons. The van der Waals surface area contributed by atoms with Crippen LogP contribution >= 0.6 is 0 Å². The first kappa shape index (κ1) is 25.7. The van der Waals surface area contributed by atoms with Crippen molar-refractivity contribution in [3.05, 3.63) is 70.3 Å². The summed E-state index contributed by atoms with van der Waals surface area (Å²) in [5.41, 5.74) is 1.04. The lowest BCUT2D eigenvalue weighted by Gasteiger charge is -2.28. The second-order valence-corrected chi connectivity index (χ2v) is 9.96. The lowest BCUT2D eigenvalue weighted by Crippen LogP contribution is -2.17. The fourth-order valence-electron chi connectivity index (χ4n) is 5.67. The molecule has 0 aromatic heterocycles. The first-order valence-corrected chi connectivity index (χ1v) is 12.8. The van der Waals surface area contributed by atoms with E-state index in [9.17, 15) is 22.7 Å². The number of halogens is 4. The Balaban J connectivity index is 1.37. The van der Waals surface area contributed by atoms with Crippen molar-refractivity contribution >= 4 is 6.08 Å². The van der Waals surface area contributed by atoms with Crippen molar-refractivity contribution in [1.29, 1.82) is 0 Å². The van der Waals surface area contributed by atoms with E-state index in [1.807, 2.05) is 6.08 Å². The van der Waals surface area contributed by atoms with E-state index in [2.05, 4.69) is 0 Å². The summed E-state index contributed by atoms with van der Waals surface area (Å²) < 4.78 is 63.6. The molecule has 2 aromatic carbocycles. The second-order valence-electron chi connectivity index (χ2n) is 9.96. The SMILES string of the molecule is CCOc1ccc(C2CCC(C=Cc3ccc(C4CCC(CO)CC4)c(F)c3F)CC2)c(F)c1F. The number of hydrogen-bond acceptors (Lipinski definition) is 2. The quantitative estimate of drug-likeness (QED) is 0.400. The second kappa shape index (κ2) is 11.6. The van der Waals surface area contributed by atoms with Gasteiger partial charge in [0.25, 0.3) is 0 Å². The molecule has 0 bridgehead atoms. The van der Waals surface area contributed by atoms with Gasteiger partial charge in [0.15, 0.2) is 23.2 Å². The van der Waals surface area contributed by atoms with E-state index in [1.165, 1.54) is 6.07 Å². The van der Waals surface area contributed by atoms with Crippen LogP contribution < -0.4 is 4.74 Å². The highest BCUT2D eigenvalue weighted by Gasteiger charge is 2.27. The molecular formula is C29H34F4O2. The smallest absolute Gasteiger partial charge is 0.200 e. The van der Waals surface area contributed by atoms with Gasteiger partial charge in [0.1, 0.15) is 0 Å². The molecule has 2 nitrogen and oxygen atoms in total. The molecule has 4 rings (SSSR count). The maximum Gasteiger partial charge on any atom is 0.200 e. The fourth-order valence-corrected chi connectivity index (χ4v) is 5.67. The number of aliphatic hydroxyl groups excluding tert-OH is 1. The van der Waals surface area contributed by atoms with Crippen LogP contribution in [0.4, 0.5) is 17.6 Å². The molecule has 0 unspecified atom stereocenters. The highest BCUT2D eigenvalue weighted by molar-refractivity contribution is 5.52. The standard InChI is InChI=1S/C29H34F4O2/c1-2-35-25-16-15-24(28(32)29(25)33)20-8-3-18(4-9-20)5-12-22-13-14-23(27(31)26(22)30)21-10-6-19(17-34)7-11-21/h5,12-16,18-21,34H,2-4,6-11,17H2,1H3. The van der Waals surface area contributed by atoms with Crippen LogP contribution in [0.1, 0.15) is 86.8 Å². The molecule has 2 aliphatic carbocycles. The Morgan fingerprint density at radius 1 is 0.771 bits per heavy atom. The van der Waals surface area contributed by atoms with Crippen molar-refractivity contribution in [2.24, 2.45) is 11.8 Å². The predicted molar refractivity (Wildman–Crippen MR) is 129 cm³/mol. The third kappa shape index (κ3) is 5.74. The van der Waals surface area contributed by atoms with Crippen LogP contribution in [0.3, 0.4) is 0 Å². The normalized spacial score (nSPS) is 25.2. The molecule has 2 aromatic rings. The highest BCUT2D eigenvalue weighted by atomic mass is 19.2. The average molecular weight is 491 g/mol. The van der Waals surface area contributed by atoms with Crippen LogP contribution in [0.25, 0.3) is 6.08 Å². The Bertz CT molecular complexity index is 1040. The summed E-state index contributed by atoms with van der Waals surface area (Å²) in [6, 6.07) is 6.44. The van der Waals surface area contributed by atoms with Crippen LogP contribution in [-0.4, -0.2) is 18.3 Å². The Kier molecular flexibility index (Phi) is 8.53. The van der Waals surface area contributed by atoms with Crippen LogP contribution in [0.15, 0.2) is 30.3 Å². The number of aliphatic hydroxyl groups is 1. The average Bonchev–Trinajstić information content (AvgIpc) is 2.88. The Hall–Kier alpha value is -2.34. The van der Waals surface area contributed by atoms with Crippen molar-refractivity contribution in [3.63, 3.8) is 0 Å². The summed E-state index contributed by atoms with van der Waals surface area (Å²) in [5, 5.41) is 9.30. The van der Waals surface area contributed by atoms with E-state index in [-0.39, 0.29) is 48.2 Å². The summed E-state index contributed by atoms with van der Waals surface area (Å²) in [7, 11) is 0. The molecule has 0 saturated heterocycles. The predicted octanol–water partition coefficient (Wildman–Crippen LogP) is 7.90. The van der Waals surface area contributed by atoms with Gasteiger partial charge in [0, 0.05) is 12.2 Å². The largest absolute Gasteiger partial charge is 0.491 e. The summed E-state index contributed by atoms with van der Waals surface area (Å²) in [5.74, 6) is -3.05. The van der Waals surface area contributed by atoms with Gasteiger partial charge >= 0.3 is 0 Å². The van der Waals surface area contributed by atoms with Gasteiger partial charge in [-0.15, -0.1) is 0 Å². The van der Waals surface area contributed by atoms with Gasteiger partial charge in [-0.25, -0.2) is 13.2 Å². The topological polar surface area (TPSA) is 29.5 Å². The molecule has 6 heteroatoms. The number of ether oxygens (including phenoxy) is 1. The number of benzene rings is 2. The molecule has 0 atom stereocenters. The molecule has 0 heterocycles. The van der Waals surface area contributed by atoms with Crippen molar-refractivity contribution in [2.45, 2.75) is 70.1 Å². The summed E-state index contributed by atoms with van der Waals surface area (Å²) in [6.07, 6.45) is 9.69. The summed E-state index contributed by atoms with van der Waals surface area (Å²) in [4.78, 5) is 0. The van der Waals surface area contributed by atoms with Crippen molar-refractivity contribution in [2.75, 3.05) is 13.2 Å². The van der Waals surface area contributed by atoms with E-state index in [1.54, 1.807) is 31.2 Å². The molecule has 2 fully saturated rings. The van der Waals surface area contributed by atoms with Crippen LogP contribution in [0.2, 0.25) is 0 Å². The maximum atomic E-state index is 14.8. The van der Waals surface area contributed by atoms with Gasteiger partial charge in [-0.2, -0.15) is 4.39 Å². The number of rotatable bonds is 7. The van der Waals surface area contributed by atoms with E-state index in [0.717, 1.165) is 38.5 Å². The third-order valence-corrected chi connectivity index (χ3v) is 7.82. The van der Waals surface area contributed by atoms with Crippen molar-refractivity contribution in [3.8, 4) is 5.75 Å². The molecule has 2 saturated carbocycles. The minimum Gasteiger partial charge on any atom is -0.491 e. The lowest BCUT2D eigenvalue weighted by atomic mass is 9.78. The minimum atomic E-state index is -0.936. The Morgan fingerprint density at radius 3 is 1.94 bits per heavy atom. The van der Waals surface area contributed by atoms with E-state index >= 15 is 0 Å². The molecule has 0 radical (unpaired) electrons. The van der Waals surface area contributed by atoms with Gasteiger partial charge in [0.05, 0.1) is 6.61 Å². The monoisotopic (exact) mass is 490 g/mol. The first-order chi connectivity index (χ1) is 16.9. The molecule has 0 aliphatic heterocycles. The van der Waals surface area contributed by atoms with Crippen LogP contribution in [0, 0.1) is 35.1 Å². The molecule has 2 aliphatic rings. The van der Waals surface area contributed by atoms with Gasteiger partial charge < -0.3 is 9.84 Å². The summed E-state index contributed by atoms with van der Waals surface area (Å²) >= 11 is 0. The lowest BCUT2D eigenvalue weighted by molar-refractivity contribution is 0.181. The zero-order valence-electron chi connectivity index (χ0n) is 20.2. The van der Waals surface area contributed by atoms with Crippen molar-refractivity contribution in [1.82, 2.24) is 0 Å². The molecule has 0 amide bonds.